The lowest BCUT2D eigenvalue weighted by molar-refractivity contribution is 1.22. The normalized spacial score (nSPS) is 13.8. The molecule has 1 aliphatic rings. The van der Waals surface area contributed by atoms with Crippen molar-refractivity contribution in [1.82, 2.24) is 9.97 Å². The Bertz CT molecular complexity index is 2360. The molecule has 0 spiro atoms. The van der Waals surface area contributed by atoms with Crippen LogP contribution < -0.4 is 10.5 Å². The van der Waals surface area contributed by atoms with Gasteiger partial charge in [-0.15, -0.1) is 22.7 Å². The van der Waals surface area contributed by atoms with Crippen molar-refractivity contribution < 1.29 is 0 Å². The van der Waals surface area contributed by atoms with Crippen molar-refractivity contribution >= 4 is 81.6 Å². The molecule has 5 heteroatoms. The molecule has 3 aromatic heterocycles. The summed E-state index contributed by atoms with van der Waals surface area (Å²) in [7, 11) is -2.05. The second kappa shape index (κ2) is 8.43. The molecule has 41 heavy (non-hydrogen) atoms. The zero-order valence-corrected chi connectivity index (χ0v) is 25.2. The fraction of sp³-hybridized carbons (Fsp3) is 0.0556. The van der Waals surface area contributed by atoms with Crippen LogP contribution in [0.4, 0.5) is 0 Å². The lowest BCUT2D eigenvalue weighted by Crippen LogP contribution is -2.50. The van der Waals surface area contributed by atoms with Crippen LogP contribution in [-0.2, 0) is 0 Å². The molecule has 0 amide bonds. The molecule has 194 valence electrons. The van der Waals surface area contributed by atoms with Gasteiger partial charge in [0.25, 0.3) is 0 Å². The van der Waals surface area contributed by atoms with Gasteiger partial charge in [-0.1, -0.05) is 104 Å². The first-order valence-electron chi connectivity index (χ1n) is 13.9. The Morgan fingerprint density at radius 1 is 0.512 bits per heavy atom. The maximum atomic E-state index is 5.51. The molecule has 0 aliphatic carbocycles. The molecule has 0 saturated heterocycles. The minimum Gasteiger partial charge on any atom is -0.237 e. The summed E-state index contributed by atoms with van der Waals surface area (Å²) in [5.41, 5.74) is 5.92. The van der Waals surface area contributed by atoms with Crippen molar-refractivity contribution in [3.05, 3.63) is 109 Å². The van der Waals surface area contributed by atoms with Gasteiger partial charge in [0.2, 0.25) is 0 Å². The summed E-state index contributed by atoms with van der Waals surface area (Å²) in [5.74, 6) is 0.836. The zero-order chi connectivity index (χ0) is 27.3. The maximum absolute atomic E-state index is 5.51. The van der Waals surface area contributed by atoms with Gasteiger partial charge in [0, 0.05) is 62.4 Å². The predicted molar refractivity (Wildman–Crippen MR) is 181 cm³/mol. The first-order chi connectivity index (χ1) is 20.1. The van der Waals surface area contributed by atoms with E-state index >= 15 is 0 Å². The average Bonchev–Trinajstić information content (AvgIpc) is 3.65. The quantitative estimate of drug-likeness (QED) is 0.192. The van der Waals surface area contributed by atoms with Gasteiger partial charge in [0.1, 0.15) is 8.07 Å². The van der Waals surface area contributed by atoms with Gasteiger partial charge in [-0.2, -0.15) is 0 Å². The monoisotopic (exact) mass is 576 g/mol. The van der Waals surface area contributed by atoms with E-state index in [0.29, 0.717) is 0 Å². The number of hydrogen-bond donors (Lipinski definition) is 0. The summed E-state index contributed by atoms with van der Waals surface area (Å²) in [4.78, 5) is 11.0. The molecule has 9 rings (SSSR count). The van der Waals surface area contributed by atoms with Crippen molar-refractivity contribution in [2.45, 2.75) is 13.1 Å². The van der Waals surface area contributed by atoms with Crippen LogP contribution in [0.15, 0.2) is 109 Å². The van der Waals surface area contributed by atoms with Gasteiger partial charge in [-0.3, -0.25) is 0 Å². The predicted octanol–water partition coefficient (Wildman–Crippen LogP) is 9.35. The van der Waals surface area contributed by atoms with Crippen LogP contribution in [-0.4, -0.2) is 18.0 Å². The highest BCUT2D eigenvalue weighted by molar-refractivity contribution is 7.26. The molecule has 0 N–H and O–H groups in total. The molecule has 0 fully saturated rings. The third-order valence-corrected chi connectivity index (χ3v) is 14.4. The Labute approximate surface area is 246 Å². The second-order valence-electron chi connectivity index (χ2n) is 11.4. The van der Waals surface area contributed by atoms with E-state index in [2.05, 4.69) is 122 Å². The molecular formula is C36H24N2S2Si. The lowest BCUT2D eigenvalue weighted by atomic mass is 9.99. The molecule has 0 bridgehead atoms. The Morgan fingerprint density at radius 3 is 1.76 bits per heavy atom. The number of rotatable bonds is 2. The fourth-order valence-corrected chi connectivity index (χ4v) is 12.1. The summed E-state index contributed by atoms with van der Waals surface area (Å²) in [6.45, 7) is 4.89. The number of aromatic nitrogens is 2. The largest absolute Gasteiger partial charge is 0.237 e. The summed E-state index contributed by atoms with van der Waals surface area (Å²) in [6, 6.07) is 39.7. The molecule has 5 aromatic carbocycles. The molecule has 8 aromatic rings. The molecular weight excluding hydrogens is 553 g/mol. The summed E-state index contributed by atoms with van der Waals surface area (Å²) >= 11 is 3.71. The van der Waals surface area contributed by atoms with E-state index in [-0.39, 0.29) is 0 Å². The van der Waals surface area contributed by atoms with Crippen molar-refractivity contribution in [3.63, 3.8) is 0 Å². The average molecular weight is 577 g/mol. The Morgan fingerprint density at radius 2 is 1.05 bits per heavy atom. The Balaban J connectivity index is 1.41. The topological polar surface area (TPSA) is 25.8 Å². The molecule has 4 heterocycles. The van der Waals surface area contributed by atoms with E-state index in [9.17, 15) is 0 Å². The number of fused-ring (bicyclic) bond motifs is 9. The van der Waals surface area contributed by atoms with Crippen molar-refractivity contribution in [1.29, 1.82) is 0 Å². The van der Waals surface area contributed by atoms with Gasteiger partial charge < -0.3 is 0 Å². The first kappa shape index (κ1) is 23.5. The van der Waals surface area contributed by atoms with E-state index in [0.717, 1.165) is 17.1 Å². The zero-order valence-electron chi connectivity index (χ0n) is 22.6. The van der Waals surface area contributed by atoms with Gasteiger partial charge in [0.15, 0.2) is 5.82 Å². The highest BCUT2D eigenvalue weighted by Crippen LogP contribution is 2.45. The van der Waals surface area contributed by atoms with Crippen LogP contribution >= 0.6 is 22.7 Å². The van der Waals surface area contributed by atoms with Gasteiger partial charge >= 0.3 is 0 Å². The molecule has 0 radical (unpaired) electrons. The third kappa shape index (κ3) is 3.22. The molecule has 0 atom stereocenters. The number of hydrogen-bond acceptors (Lipinski definition) is 4. The Kier molecular flexibility index (Phi) is 4.84. The minimum absolute atomic E-state index is 0.836. The standard InChI is InChI=1S/C36H24N2S2Si/c1-41(2)30-20-8-5-13-25(30)31-32(26-16-9-14-23-21-11-3-6-18-28(21)39-33(23)26)37-35(38-36(31)41)27-17-10-15-24-22-12-4-7-19-29(22)40-34(24)27/h3-20H,1-2H3. The number of nitrogens with zero attached hydrogens (tertiary/aromatic N) is 2. The van der Waals surface area contributed by atoms with Crippen molar-refractivity contribution in [3.8, 4) is 33.8 Å². The van der Waals surface area contributed by atoms with Crippen molar-refractivity contribution in [2.24, 2.45) is 0 Å². The smallest absolute Gasteiger partial charge is 0.161 e. The van der Waals surface area contributed by atoms with Crippen molar-refractivity contribution in [2.75, 3.05) is 0 Å². The molecule has 2 nitrogen and oxygen atoms in total. The third-order valence-electron chi connectivity index (χ3n) is 8.68. The fourth-order valence-electron chi connectivity index (χ4n) is 6.71. The summed E-state index contributed by atoms with van der Waals surface area (Å²) < 4.78 is 5.17. The molecule has 1 aliphatic heterocycles. The van der Waals surface area contributed by atoms with E-state index in [1.165, 1.54) is 67.5 Å². The van der Waals surface area contributed by atoms with Crippen LogP contribution in [0, 0.1) is 0 Å². The van der Waals surface area contributed by atoms with Crippen LogP contribution in [0.5, 0.6) is 0 Å². The van der Waals surface area contributed by atoms with Crippen LogP contribution in [0.2, 0.25) is 13.1 Å². The highest BCUT2D eigenvalue weighted by Gasteiger charge is 2.41. The summed E-state index contributed by atoms with van der Waals surface area (Å²) in [5, 5.41) is 7.88. The number of benzene rings is 5. The van der Waals surface area contributed by atoms with Crippen LogP contribution in [0.1, 0.15) is 0 Å². The van der Waals surface area contributed by atoms with Gasteiger partial charge in [-0.05, 0) is 28.9 Å². The Hall–Kier alpha value is -4.16. The summed E-state index contributed by atoms with van der Waals surface area (Å²) in [6.07, 6.45) is 0. The molecule has 0 saturated carbocycles. The minimum atomic E-state index is -2.05. The van der Waals surface area contributed by atoms with E-state index in [1.54, 1.807) is 0 Å². The number of thiophene rings is 2. The lowest BCUT2D eigenvalue weighted by Gasteiger charge is -2.19. The van der Waals surface area contributed by atoms with E-state index in [4.69, 9.17) is 9.97 Å². The van der Waals surface area contributed by atoms with E-state index in [1.807, 2.05) is 22.7 Å². The first-order valence-corrected chi connectivity index (χ1v) is 18.6. The van der Waals surface area contributed by atoms with E-state index < -0.39 is 8.07 Å². The van der Waals surface area contributed by atoms with Crippen LogP contribution in [0.25, 0.3) is 74.1 Å². The van der Waals surface area contributed by atoms with Crippen LogP contribution in [0.3, 0.4) is 0 Å². The highest BCUT2D eigenvalue weighted by atomic mass is 32.1. The maximum Gasteiger partial charge on any atom is 0.161 e. The second-order valence-corrected chi connectivity index (χ2v) is 17.7. The molecule has 0 unspecified atom stereocenters. The van der Waals surface area contributed by atoms with Gasteiger partial charge in [0.05, 0.1) is 5.69 Å². The SMILES string of the molecule is C[Si]1(C)c2ccccc2-c2c(-c3cccc4c3sc3ccccc34)nc(-c3cccc4c3sc3ccccc34)nc21. The van der Waals surface area contributed by atoms with Gasteiger partial charge in [-0.25, -0.2) is 9.97 Å².